The molecule has 3 heterocycles. The fourth-order valence-corrected chi connectivity index (χ4v) is 3.10. The van der Waals surface area contributed by atoms with E-state index in [9.17, 15) is 4.57 Å². The second kappa shape index (κ2) is 6.00. The van der Waals surface area contributed by atoms with Gasteiger partial charge in [-0.05, 0) is 16.9 Å². The SMILES string of the molecule is C=C1NC(N)=Nc2c1ncn2C1CC(C)C(CO[P+](=O)S)O1. The molecule has 1 fully saturated rings. The Balaban J connectivity index is 1.80. The fourth-order valence-electron chi connectivity index (χ4n) is 2.63. The molecular formula is C12H17N5O3PS+. The maximum atomic E-state index is 11.0. The Morgan fingerprint density at radius 2 is 2.50 bits per heavy atom. The zero-order valence-electron chi connectivity index (χ0n) is 12.0. The van der Waals surface area contributed by atoms with Crippen molar-refractivity contribution in [2.24, 2.45) is 16.6 Å². The first-order chi connectivity index (χ1) is 10.5. The molecule has 0 bridgehead atoms. The van der Waals surface area contributed by atoms with Crippen molar-refractivity contribution >= 4 is 37.0 Å². The summed E-state index contributed by atoms with van der Waals surface area (Å²) in [5.74, 6) is 1.15. The first kappa shape index (κ1) is 15.5. The number of hydrogen-bond acceptors (Lipinski definition) is 7. The normalized spacial score (nSPS) is 28.1. The molecular weight excluding hydrogens is 325 g/mol. The Labute approximate surface area is 133 Å². The van der Waals surface area contributed by atoms with E-state index in [1.807, 2.05) is 4.57 Å². The van der Waals surface area contributed by atoms with Crippen molar-refractivity contribution in [3.8, 4) is 0 Å². The molecule has 22 heavy (non-hydrogen) atoms. The van der Waals surface area contributed by atoms with Gasteiger partial charge in [-0.3, -0.25) is 4.57 Å². The molecule has 2 aliphatic heterocycles. The molecule has 8 nitrogen and oxygen atoms in total. The van der Waals surface area contributed by atoms with E-state index in [1.165, 1.54) is 0 Å². The van der Waals surface area contributed by atoms with Crippen LogP contribution in [-0.4, -0.2) is 28.2 Å². The smallest absolute Gasteiger partial charge is 0.369 e. The van der Waals surface area contributed by atoms with Crippen molar-refractivity contribution in [3.63, 3.8) is 0 Å². The number of nitrogens with zero attached hydrogens (tertiary/aromatic N) is 3. The molecule has 1 saturated heterocycles. The van der Waals surface area contributed by atoms with Gasteiger partial charge >= 0.3 is 7.23 Å². The predicted octanol–water partition coefficient (Wildman–Crippen LogP) is 1.93. The third-order valence-corrected chi connectivity index (χ3v) is 4.47. The highest BCUT2D eigenvalue weighted by Gasteiger charge is 2.37. The summed E-state index contributed by atoms with van der Waals surface area (Å²) in [5.41, 5.74) is 7.00. The standard InChI is InChI=1S/C12H16N5O3PS/c1-6-3-9(20-8(6)4-19-21(18)22)17-5-14-10-7(2)15-12(13)16-11(10)17/h5-6,8-9H,2-4H2,1H3,(H3-,13,15,16,18,22)/p+1. The lowest BCUT2D eigenvalue weighted by Gasteiger charge is -2.18. The van der Waals surface area contributed by atoms with Gasteiger partial charge in [-0.2, -0.15) is 4.99 Å². The van der Waals surface area contributed by atoms with Gasteiger partial charge in [0, 0.05) is 0 Å². The van der Waals surface area contributed by atoms with Gasteiger partial charge in [0.15, 0.2) is 11.8 Å². The molecule has 0 amide bonds. The maximum Gasteiger partial charge on any atom is 0.582 e. The summed E-state index contributed by atoms with van der Waals surface area (Å²) in [6, 6.07) is 0. The number of nitrogens with two attached hydrogens (primary N) is 1. The maximum absolute atomic E-state index is 11.0. The first-order valence-corrected chi connectivity index (χ1v) is 9.10. The number of rotatable bonds is 4. The average molecular weight is 342 g/mol. The molecule has 4 unspecified atom stereocenters. The van der Waals surface area contributed by atoms with Gasteiger partial charge in [-0.15, -0.1) is 4.52 Å². The molecule has 3 rings (SSSR count). The number of aromatic nitrogens is 2. The molecule has 0 spiro atoms. The summed E-state index contributed by atoms with van der Waals surface area (Å²) in [4.78, 5) is 8.59. The van der Waals surface area contributed by atoms with Crippen LogP contribution in [0.5, 0.6) is 0 Å². The van der Waals surface area contributed by atoms with Crippen LogP contribution in [0.1, 0.15) is 25.3 Å². The second-order valence-corrected chi connectivity index (χ2v) is 7.01. The van der Waals surface area contributed by atoms with Crippen LogP contribution in [0, 0.1) is 5.92 Å². The van der Waals surface area contributed by atoms with Crippen LogP contribution < -0.4 is 11.1 Å². The Hall–Kier alpha value is -1.41. The largest absolute Gasteiger partial charge is 0.582 e. The van der Waals surface area contributed by atoms with E-state index >= 15 is 0 Å². The van der Waals surface area contributed by atoms with Crippen molar-refractivity contribution < 1.29 is 13.8 Å². The van der Waals surface area contributed by atoms with E-state index < -0.39 is 7.23 Å². The topological polar surface area (TPSA) is 104 Å². The van der Waals surface area contributed by atoms with Crippen molar-refractivity contribution in [1.82, 2.24) is 14.9 Å². The van der Waals surface area contributed by atoms with Crippen molar-refractivity contribution in [2.75, 3.05) is 6.61 Å². The van der Waals surface area contributed by atoms with Crippen molar-refractivity contribution in [2.45, 2.75) is 25.7 Å². The number of thiol groups is 1. The molecule has 118 valence electrons. The molecule has 4 atom stereocenters. The van der Waals surface area contributed by atoms with Gasteiger partial charge in [-0.25, -0.2) is 4.98 Å². The Kier molecular flexibility index (Phi) is 4.22. The molecule has 0 aromatic carbocycles. The highest BCUT2D eigenvalue weighted by Crippen LogP contribution is 2.39. The van der Waals surface area contributed by atoms with E-state index in [0.717, 1.165) is 6.42 Å². The van der Waals surface area contributed by atoms with Gasteiger partial charge in [-0.1, -0.05) is 13.5 Å². The van der Waals surface area contributed by atoms with Crippen LogP contribution in [0.4, 0.5) is 5.82 Å². The third kappa shape index (κ3) is 2.89. The Morgan fingerprint density at radius 3 is 3.23 bits per heavy atom. The van der Waals surface area contributed by atoms with Gasteiger partial charge in [0.05, 0.1) is 18.1 Å². The number of guanidine groups is 1. The summed E-state index contributed by atoms with van der Waals surface area (Å²) in [6.07, 6.45) is 2.06. The molecule has 10 heteroatoms. The molecule has 1 aromatic heterocycles. The number of fused-ring (bicyclic) bond motifs is 1. The van der Waals surface area contributed by atoms with Crippen LogP contribution in [-0.2, 0) is 13.8 Å². The fraction of sp³-hybridized carbons (Fsp3) is 0.500. The molecule has 0 aliphatic carbocycles. The van der Waals surface area contributed by atoms with Crippen LogP contribution in [0.3, 0.4) is 0 Å². The quantitative estimate of drug-likeness (QED) is 0.571. The zero-order chi connectivity index (χ0) is 15.9. The molecule has 3 N–H and O–H groups in total. The van der Waals surface area contributed by atoms with Crippen molar-refractivity contribution in [3.05, 3.63) is 18.6 Å². The van der Waals surface area contributed by atoms with Crippen LogP contribution >= 0.6 is 19.5 Å². The van der Waals surface area contributed by atoms with E-state index in [0.29, 0.717) is 17.2 Å². The molecule has 1 aromatic rings. The summed E-state index contributed by atoms with van der Waals surface area (Å²) in [5, 5.41) is 2.85. The minimum absolute atomic E-state index is 0.152. The number of nitrogens with one attached hydrogen (secondary N) is 1. The van der Waals surface area contributed by atoms with E-state index in [4.69, 9.17) is 15.0 Å². The van der Waals surface area contributed by atoms with Gasteiger partial charge in [0.25, 0.3) is 0 Å². The predicted molar refractivity (Wildman–Crippen MR) is 85.9 cm³/mol. The highest BCUT2D eigenvalue weighted by atomic mass is 32.7. The molecule has 0 saturated carbocycles. The monoisotopic (exact) mass is 342 g/mol. The lowest BCUT2D eigenvalue weighted by molar-refractivity contribution is -0.0218. The molecule has 0 radical (unpaired) electrons. The van der Waals surface area contributed by atoms with Crippen LogP contribution in [0.25, 0.3) is 5.70 Å². The molecule has 2 aliphatic rings. The van der Waals surface area contributed by atoms with E-state index in [-0.39, 0.29) is 30.8 Å². The summed E-state index contributed by atoms with van der Waals surface area (Å²) in [6.45, 7) is 6.17. The third-order valence-electron chi connectivity index (χ3n) is 3.76. The lowest BCUT2D eigenvalue weighted by atomic mass is 10.0. The highest BCUT2D eigenvalue weighted by molar-refractivity contribution is 8.39. The number of imidazole rings is 1. The minimum Gasteiger partial charge on any atom is -0.369 e. The minimum atomic E-state index is -1.93. The van der Waals surface area contributed by atoms with Crippen LogP contribution in [0.15, 0.2) is 17.9 Å². The number of ether oxygens (including phenoxy) is 1. The first-order valence-electron chi connectivity index (χ1n) is 6.77. The van der Waals surface area contributed by atoms with E-state index in [2.05, 4.69) is 41.0 Å². The number of aliphatic imine (C=N–C) groups is 1. The van der Waals surface area contributed by atoms with E-state index in [1.54, 1.807) is 6.33 Å². The lowest BCUT2D eigenvalue weighted by Crippen LogP contribution is -2.32. The van der Waals surface area contributed by atoms with Gasteiger partial charge in [0.1, 0.15) is 30.8 Å². The van der Waals surface area contributed by atoms with Crippen molar-refractivity contribution in [1.29, 1.82) is 0 Å². The Bertz CT molecular complexity index is 661. The van der Waals surface area contributed by atoms with Gasteiger partial charge < -0.3 is 15.8 Å². The van der Waals surface area contributed by atoms with Crippen LogP contribution in [0.2, 0.25) is 0 Å². The summed E-state index contributed by atoms with van der Waals surface area (Å²) >= 11 is 3.74. The second-order valence-electron chi connectivity index (χ2n) is 5.30. The zero-order valence-corrected chi connectivity index (χ0v) is 13.8. The Morgan fingerprint density at radius 1 is 1.73 bits per heavy atom. The average Bonchev–Trinajstić information content (AvgIpc) is 3.00. The van der Waals surface area contributed by atoms with Gasteiger partial charge in [0.2, 0.25) is 0 Å². The summed E-state index contributed by atoms with van der Waals surface area (Å²) < 4.78 is 23.8. The number of hydrogen-bond donors (Lipinski definition) is 3. The summed E-state index contributed by atoms with van der Waals surface area (Å²) in [7, 11) is -1.93.